The lowest BCUT2D eigenvalue weighted by atomic mass is 10.4. The van der Waals surface area contributed by atoms with Gasteiger partial charge in [-0.25, -0.2) is 4.68 Å². The van der Waals surface area contributed by atoms with Gasteiger partial charge in [0.05, 0.1) is 11.9 Å². The molecule has 0 amide bonds. The predicted molar refractivity (Wildman–Crippen MR) is 72.4 cm³/mol. The van der Waals surface area contributed by atoms with Crippen molar-refractivity contribution in [1.29, 1.82) is 0 Å². The highest BCUT2D eigenvalue weighted by molar-refractivity contribution is 5.38. The maximum absolute atomic E-state index is 11.8. The van der Waals surface area contributed by atoms with Crippen LogP contribution in [0.25, 0.3) is 0 Å². The van der Waals surface area contributed by atoms with Crippen LogP contribution in [0.15, 0.2) is 17.1 Å². The standard InChI is InChI=1S/C12H19F3N4O2/c1-16-3-4-17-10-7-11(20)19(18-8-10)5-2-6-21-9-12(13,14)15/h7-8,16-17H,2-6,9H2,1H3. The molecule has 1 heterocycles. The van der Waals surface area contributed by atoms with E-state index in [9.17, 15) is 18.0 Å². The molecular formula is C12H19F3N4O2. The first kappa shape index (κ1) is 17.4. The Balaban J connectivity index is 2.34. The number of halogens is 3. The van der Waals surface area contributed by atoms with Gasteiger partial charge in [-0.3, -0.25) is 4.79 Å². The predicted octanol–water partition coefficient (Wildman–Crippen LogP) is 0.844. The Kier molecular flexibility index (Phi) is 7.17. The number of anilines is 1. The zero-order valence-corrected chi connectivity index (χ0v) is 11.7. The van der Waals surface area contributed by atoms with Gasteiger partial charge >= 0.3 is 6.18 Å². The van der Waals surface area contributed by atoms with E-state index in [4.69, 9.17) is 0 Å². The van der Waals surface area contributed by atoms with Crippen molar-refractivity contribution >= 4 is 5.69 Å². The number of ether oxygens (including phenoxy) is 1. The Morgan fingerprint density at radius 3 is 2.76 bits per heavy atom. The molecule has 0 unspecified atom stereocenters. The van der Waals surface area contributed by atoms with Crippen LogP contribution in [0.3, 0.4) is 0 Å². The van der Waals surface area contributed by atoms with Crippen LogP contribution in [-0.2, 0) is 11.3 Å². The Morgan fingerprint density at radius 1 is 1.38 bits per heavy atom. The number of nitrogens with one attached hydrogen (secondary N) is 2. The van der Waals surface area contributed by atoms with Crippen molar-refractivity contribution in [1.82, 2.24) is 15.1 Å². The third-order valence-corrected chi connectivity index (χ3v) is 2.50. The van der Waals surface area contributed by atoms with E-state index >= 15 is 0 Å². The molecule has 1 aromatic heterocycles. The molecule has 0 fully saturated rings. The first-order chi connectivity index (χ1) is 9.92. The molecule has 1 aromatic rings. The van der Waals surface area contributed by atoms with Crippen LogP contribution < -0.4 is 16.2 Å². The second kappa shape index (κ2) is 8.63. The summed E-state index contributed by atoms with van der Waals surface area (Å²) in [6.07, 6.45) is -2.53. The summed E-state index contributed by atoms with van der Waals surface area (Å²) in [6.45, 7) is 0.277. The van der Waals surface area contributed by atoms with Crippen molar-refractivity contribution in [2.24, 2.45) is 0 Å². The monoisotopic (exact) mass is 308 g/mol. The normalized spacial score (nSPS) is 11.6. The van der Waals surface area contributed by atoms with Gasteiger partial charge in [-0.15, -0.1) is 0 Å². The van der Waals surface area contributed by atoms with E-state index in [0.29, 0.717) is 12.2 Å². The lowest BCUT2D eigenvalue weighted by Crippen LogP contribution is -2.25. The number of hydrogen-bond donors (Lipinski definition) is 2. The molecule has 0 saturated carbocycles. The van der Waals surface area contributed by atoms with E-state index in [2.05, 4.69) is 20.5 Å². The fourth-order valence-electron chi connectivity index (χ4n) is 1.53. The maximum Gasteiger partial charge on any atom is 0.411 e. The maximum atomic E-state index is 11.8. The minimum Gasteiger partial charge on any atom is -0.382 e. The summed E-state index contributed by atoms with van der Waals surface area (Å²) in [5.74, 6) is 0. The van der Waals surface area contributed by atoms with Crippen LogP contribution in [0.4, 0.5) is 18.9 Å². The smallest absolute Gasteiger partial charge is 0.382 e. The number of hydrogen-bond acceptors (Lipinski definition) is 5. The molecule has 6 nitrogen and oxygen atoms in total. The lowest BCUT2D eigenvalue weighted by Gasteiger charge is -2.09. The van der Waals surface area contributed by atoms with E-state index in [-0.39, 0.29) is 25.1 Å². The average Bonchev–Trinajstić information content (AvgIpc) is 2.39. The molecule has 2 N–H and O–H groups in total. The second-order valence-corrected chi connectivity index (χ2v) is 4.36. The molecule has 1 rings (SSSR count). The average molecular weight is 308 g/mol. The highest BCUT2D eigenvalue weighted by Crippen LogP contribution is 2.14. The Labute approximate surface area is 120 Å². The van der Waals surface area contributed by atoms with Crippen LogP contribution in [0.5, 0.6) is 0 Å². The van der Waals surface area contributed by atoms with Gasteiger partial charge in [0, 0.05) is 32.3 Å². The Morgan fingerprint density at radius 2 is 2.14 bits per heavy atom. The summed E-state index contributed by atoms with van der Waals surface area (Å²) in [7, 11) is 1.82. The van der Waals surface area contributed by atoms with E-state index in [0.717, 1.165) is 6.54 Å². The van der Waals surface area contributed by atoms with E-state index in [1.807, 2.05) is 7.05 Å². The van der Waals surface area contributed by atoms with Gasteiger partial charge in [0.15, 0.2) is 0 Å². The van der Waals surface area contributed by atoms with Crippen molar-refractivity contribution in [3.05, 3.63) is 22.6 Å². The fraction of sp³-hybridized carbons (Fsp3) is 0.667. The Hall–Kier alpha value is -1.61. The van der Waals surface area contributed by atoms with Gasteiger partial charge in [-0.1, -0.05) is 0 Å². The third-order valence-electron chi connectivity index (χ3n) is 2.50. The number of aromatic nitrogens is 2. The van der Waals surface area contributed by atoms with Crippen molar-refractivity contribution in [3.8, 4) is 0 Å². The van der Waals surface area contributed by atoms with E-state index < -0.39 is 12.8 Å². The number of likely N-dealkylation sites (N-methyl/N-ethyl adjacent to an activating group) is 1. The lowest BCUT2D eigenvalue weighted by molar-refractivity contribution is -0.174. The minimum absolute atomic E-state index is 0.0736. The van der Waals surface area contributed by atoms with Gasteiger partial charge in [0.2, 0.25) is 0 Å². The Bertz CT molecular complexity index is 476. The summed E-state index contributed by atoms with van der Waals surface area (Å²) >= 11 is 0. The van der Waals surface area contributed by atoms with Gasteiger partial charge in [0.1, 0.15) is 6.61 Å². The fourth-order valence-corrected chi connectivity index (χ4v) is 1.53. The van der Waals surface area contributed by atoms with Gasteiger partial charge in [-0.05, 0) is 13.5 Å². The van der Waals surface area contributed by atoms with Crippen molar-refractivity contribution in [3.63, 3.8) is 0 Å². The molecular weight excluding hydrogens is 289 g/mol. The highest BCUT2D eigenvalue weighted by Gasteiger charge is 2.27. The first-order valence-corrected chi connectivity index (χ1v) is 6.52. The summed E-state index contributed by atoms with van der Waals surface area (Å²) in [5.41, 5.74) is 0.306. The van der Waals surface area contributed by atoms with Gasteiger partial charge in [-0.2, -0.15) is 18.3 Å². The summed E-state index contributed by atoms with van der Waals surface area (Å²) in [5, 5.41) is 9.92. The van der Waals surface area contributed by atoms with E-state index in [1.54, 1.807) is 0 Å². The topological polar surface area (TPSA) is 68.2 Å². The minimum atomic E-state index is -4.32. The molecule has 0 aliphatic heterocycles. The molecule has 0 aromatic carbocycles. The number of rotatable bonds is 9. The molecule has 0 aliphatic rings. The molecule has 0 radical (unpaired) electrons. The summed E-state index contributed by atoms with van der Waals surface area (Å²) in [4.78, 5) is 11.7. The van der Waals surface area contributed by atoms with E-state index in [1.165, 1.54) is 16.9 Å². The van der Waals surface area contributed by atoms with Crippen molar-refractivity contribution in [2.75, 3.05) is 38.7 Å². The van der Waals surface area contributed by atoms with Crippen molar-refractivity contribution < 1.29 is 17.9 Å². The van der Waals surface area contributed by atoms with Crippen LogP contribution in [0.2, 0.25) is 0 Å². The molecule has 0 aliphatic carbocycles. The number of alkyl halides is 3. The molecule has 0 saturated heterocycles. The van der Waals surface area contributed by atoms with Crippen LogP contribution in [0.1, 0.15) is 6.42 Å². The SMILES string of the molecule is CNCCNc1cnn(CCCOCC(F)(F)F)c(=O)c1. The van der Waals surface area contributed by atoms with Crippen LogP contribution in [-0.4, -0.2) is 49.3 Å². The first-order valence-electron chi connectivity index (χ1n) is 6.52. The highest BCUT2D eigenvalue weighted by atomic mass is 19.4. The molecule has 120 valence electrons. The molecule has 0 bridgehead atoms. The molecule has 21 heavy (non-hydrogen) atoms. The summed E-state index contributed by atoms with van der Waals surface area (Å²) < 4.78 is 41.2. The van der Waals surface area contributed by atoms with Gasteiger partial charge < -0.3 is 15.4 Å². The number of nitrogens with zero attached hydrogens (tertiary/aromatic N) is 2. The third kappa shape index (κ3) is 7.66. The largest absolute Gasteiger partial charge is 0.411 e. The zero-order chi connectivity index (χ0) is 15.7. The van der Waals surface area contributed by atoms with Crippen LogP contribution in [0, 0.1) is 0 Å². The van der Waals surface area contributed by atoms with Crippen molar-refractivity contribution in [2.45, 2.75) is 19.1 Å². The summed E-state index contributed by atoms with van der Waals surface area (Å²) in [6, 6.07) is 1.40. The zero-order valence-electron chi connectivity index (χ0n) is 11.7. The molecule has 0 spiro atoms. The van der Waals surface area contributed by atoms with Crippen LogP contribution >= 0.6 is 0 Å². The molecule has 9 heteroatoms. The quantitative estimate of drug-likeness (QED) is 0.662. The molecule has 0 atom stereocenters. The van der Waals surface area contributed by atoms with Gasteiger partial charge in [0.25, 0.3) is 5.56 Å². The second-order valence-electron chi connectivity index (χ2n) is 4.36. The number of aryl methyl sites for hydroxylation is 1.